The predicted octanol–water partition coefficient (Wildman–Crippen LogP) is 2.82. The summed E-state index contributed by atoms with van der Waals surface area (Å²) in [6, 6.07) is 6.42. The van der Waals surface area contributed by atoms with Gasteiger partial charge in [0.2, 0.25) is 0 Å². The standard InChI is InChI=1S/C22H24N4O3/c1-14-23-13-21(29-14)15-2-3-16-12-24-22(25-19(16)10-15)11-20(27)17-8-18(9-17)26-4-6-28-7-5-26/h2-3,10,12-13,17-18H,4-9,11H2,1H3. The number of Topliss-reactive ketones (excluding diaryl/α,β-unsaturated/α-hetero) is 1. The molecule has 0 radical (unpaired) electrons. The summed E-state index contributed by atoms with van der Waals surface area (Å²) in [5, 5.41) is 0.942. The molecule has 1 aliphatic carbocycles. The minimum absolute atomic E-state index is 0.130. The Balaban J connectivity index is 1.26. The maximum absolute atomic E-state index is 12.7. The van der Waals surface area contributed by atoms with Crippen molar-refractivity contribution in [1.29, 1.82) is 0 Å². The molecule has 0 bridgehead atoms. The van der Waals surface area contributed by atoms with Gasteiger partial charge in [0.1, 0.15) is 11.6 Å². The van der Waals surface area contributed by atoms with E-state index in [1.165, 1.54) is 0 Å². The number of aromatic nitrogens is 3. The van der Waals surface area contributed by atoms with Crippen LogP contribution in [0.3, 0.4) is 0 Å². The van der Waals surface area contributed by atoms with Crippen LogP contribution in [0, 0.1) is 12.8 Å². The minimum atomic E-state index is 0.130. The van der Waals surface area contributed by atoms with Gasteiger partial charge in [-0.1, -0.05) is 12.1 Å². The van der Waals surface area contributed by atoms with Crippen molar-refractivity contribution in [3.05, 3.63) is 42.3 Å². The van der Waals surface area contributed by atoms with Crippen molar-refractivity contribution in [3.63, 3.8) is 0 Å². The van der Waals surface area contributed by atoms with Crippen LogP contribution in [0.15, 0.2) is 35.0 Å². The number of hydrogen-bond donors (Lipinski definition) is 0. The van der Waals surface area contributed by atoms with Crippen LogP contribution in [0.4, 0.5) is 0 Å². The third-order valence-corrected chi connectivity index (χ3v) is 6.00. The first kappa shape index (κ1) is 18.4. The fraction of sp³-hybridized carbons (Fsp3) is 0.455. The summed E-state index contributed by atoms with van der Waals surface area (Å²) in [5.41, 5.74) is 1.73. The number of rotatable bonds is 5. The number of oxazole rings is 1. The average molecular weight is 392 g/mol. The largest absolute Gasteiger partial charge is 0.441 e. The van der Waals surface area contributed by atoms with Crippen LogP contribution in [-0.4, -0.2) is 58.0 Å². The van der Waals surface area contributed by atoms with Crippen molar-refractivity contribution in [2.24, 2.45) is 5.92 Å². The van der Waals surface area contributed by atoms with Gasteiger partial charge < -0.3 is 9.15 Å². The smallest absolute Gasteiger partial charge is 0.191 e. The summed E-state index contributed by atoms with van der Waals surface area (Å²) in [4.78, 5) is 28.4. The van der Waals surface area contributed by atoms with E-state index in [4.69, 9.17) is 9.15 Å². The molecule has 0 unspecified atom stereocenters. The zero-order chi connectivity index (χ0) is 19.8. The molecule has 1 aromatic carbocycles. The number of ether oxygens (including phenoxy) is 1. The number of ketones is 1. The summed E-state index contributed by atoms with van der Waals surface area (Å²) < 4.78 is 11.0. The topological polar surface area (TPSA) is 81.4 Å². The first-order valence-electron chi connectivity index (χ1n) is 10.2. The Labute approximate surface area is 169 Å². The van der Waals surface area contributed by atoms with E-state index >= 15 is 0 Å². The molecule has 7 heteroatoms. The van der Waals surface area contributed by atoms with Gasteiger partial charge in [-0.2, -0.15) is 0 Å². The van der Waals surface area contributed by atoms with Crippen LogP contribution >= 0.6 is 0 Å². The Kier molecular flexibility index (Phi) is 4.85. The molecule has 2 fully saturated rings. The number of fused-ring (bicyclic) bond motifs is 1. The number of hydrogen-bond acceptors (Lipinski definition) is 7. The minimum Gasteiger partial charge on any atom is -0.441 e. The zero-order valence-corrected chi connectivity index (χ0v) is 16.5. The Morgan fingerprint density at radius 1 is 1.17 bits per heavy atom. The highest BCUT2D eigenvalue weighted by Crippen LogP contribution is 2.33. The third kappa shape index (κ3) is 3.80. The highest BCUT2D eigenvalue weighted by Gasteiger charge is 2.38. The van der Waals surface area contributed by atoms with Crippen molar-refractivity contribution in [1.82, 2.24) is 19.9 Å². The van der Waals surface area contributed by atoms with E-state index in [1.807, 2.05) is 25.1 Å². The molecule has 1 saturated heterocycles. The van der Waals surface area contributed by atoms with Gasteiger partial charge in [0.15, 0.2) is 11.7 Å². The molecule has 7 nitrogen and oxygen atoms in total. The Morgan fingerprint density at radius 2 is 2.00 bits per heavy atom. The Hall–Kier alpha value is -2.64. The highest BCUT2D eigenvalue weighted by atomic mass is 16.5. The van der Waals surface area contributed by atoms with Gasteiger partial charge in [-0.3, -0.25) is 9.69 Å². The lowest BCUT2D eigenvalue weighted by Crippen LogP contribution is -2.51. The zero-order valence-electron chi connectivity index (χ0n) is 16.5. The quantitative estimate of drug-likeness (QED) is 0.660. The molecule has 0 amide bonds. The van der Waals surface area contributed by atoms with Crippen LogP contribution in [0.5, 0.6) is 0 Å². The maximum atomic E-state index is 12.7. The first-order valence-corrected chi connectivity index (χ1v) is 10.2. The monoisotopic (exact) mass is 392 g/mol. The predicted molar refractivity (Wildman–Crippen MR) is 107 cm³/mol. The molecule has 0 atom stereocenters. The van der Waals surface area contributed by atoms with Gasteiger partial charge in [0.05, 0.1) is 31.3 Å². The molecular formula is C22H24N4O3. The van der Waals surface area contributed by atoms with E-state index in [-0.39, 0.29) is 11.7 Å². The van der Waals surface area contributed by atoms with Crippen molar-refractivity contribution < 1.29 is 13.9 Å². The lowest BCUT2D eigenvalue weighted by atomic mass is 9.75. The van der Waals surface area contributed by atoms with Gasteiger partial charge in [-0.05, 0) is 18.9 Å². The summed E-state index contributed by atoms with van der Waals surface area (Å²) in [6.07, 6.45) is 5.69. The lowest BCUT2D eigenvalue weighted by Gasteiger charge is -2.43. The molecule has 29 heavy (non-hydrogen) atoms. The second kappa shape index (κ2) is 7.65. The normalized spacial score (nSPS) is 22.5. The second-order valence-corrected chi connectivity index (χ2v) is 7.92. The van der Waals surface area contributed by atoms with Gasteiger partial charge in [0, 0.05) is 49.1 Å². The molecule has 3 heterocycles. The SMILES string of the molecule is Cc1ncc(-c2ccc3cnc(CC(=O)C4CC(N5CCOCC5)C4)nc3c2)o1. The Bertz CT molecular complexity index is 1040. The van der Waals surface area contributed by atoms with E-state index in [0.29, 0.717) is 29.9 Å². The fourth-order valence-electron chi connectivity index (χ4n) is 4.19. The number of carbonyl (C=O) groups is 1. The summed E-state index contributed by atoms with van der Waals surface area (Å²) in [7, 11) is 0. The molecule has 3 aromatic rings. The van der Waals surface area contributed by atoms with Crippen LogP contribution in [0.2, 0.25) is 0 Å². The van der Waals surface area contributed by atoms with Crippen molar-refractivity contribution in [2.75, 3.05) is 26.3 Å². The summed E-state index contributed by atoms with van der Waals surface area (Å²) in [6.45, 7) is 5.38. The highest BCUT2D eigenvalue weighted by molar-refractivity contribution is 5.85. The van der Waals surface area contributed by atoms with Gasteiger partial charge in [0.25, 0.3) is 0 Å². The first-order chi connectivity index (χ1) is 14.2. The molecule has 5 rings (SSSR count). The average Bonchev–Trinajstić information content (AvgIpc) is 3.13. The van der Waals surface area contributed by atoms with Crippen LogP contribution in [0.1, 0.15) is 24.6 Å². The second-order valence-electron chi connectivity index (χ2n) is 7.92. The molecule has 2 aliphatic rings. The van der Waals surface area contributed by atoms with Crippen molar-refractivity contribution in [2.45, 2.75) is 32.2 Å². The number of morpholine rings is 1. The van der Waals surface area contributed by atoms with Gasteiger partial charge >= 0.3 is 0 Å². The number of nitrogens with zero attached hydrogens (tertiary/aromatic N) is 4. The fourth-order valence-corrected chi connectivity index (χ4v) is 4.19. The molecule has 1 saturated carbocycles. The van der Waals surface area contributed by atoms with Crippen molar-refractivity contribution in [3.8, 4) is 11.3 Å². The van der Waals surface area contributed by atoms with Gasteiger partial charge in [-0.15, -0.1) is 0 Å². The van der Waals surface area contributed by atoms with E-state index < -0.39 is 0 Å². The molecule has 1 aliphatic heterocycles. The molecule has 150 valence electrons. The summed E-state index contributed by atoms with van der Waals surface area (Å²) in [5.74, 6) is 2.30. The lowest BCUT2D eigenvalue weighted by molar-refractivity contribution is -0.127. The molecule has 0 N–H and O–H groups in total. The van der Waals surface area contributed by atoms with E-state index in [1.54, 1.807) is 12.4 Å². The molecular weight excluding hydrogens is 368 g/mol. The molecule has 0 spiro atoms. The van der Waals surface area contributed by atoms with Gasteiger partial charge in [-0.25, -0.2) is 15.0 Å². The maximum Gasteiger partial charge on any atom is 0.191 e. The van der Waals surface area contributed by atoms with Crippen LogP contribution in [0.25, 0.3) is 22.2 Å². The van der Waals surface area contributed by atoms with E-state index in [0.717, 1.165) is 55.6 Å². The number of aryl methyl sites for hydroxylation is 1. The van der Waals surface area contributed by atoms with E-state index in [9.17, 15) is 4.79 Å². The van der Waals surface area contributed by atoms with Crippen LogP contribution < -0.4 is 0 Å². The number of benzene rings is 1. The Morgan fingerprint density at radius 3 is 2.76 bits per heavy atom. The summed E-state index contributed by atoms with van der Waals surface area (Å²) >= 11 is 0. The van der Waals surface area contributed by atoms with E-state index in [2.05, 4.69) is 19.9 Å². The van der Waals surface area contributed by atoms with Crippen LogP contribution in [-0.2, 0) is 16.0 Å². The number of carbonyl (C=O) groups excluding carboxylic acids is 1. The van der Waals surface area contributed by atoms with Crippen molar-refractivity contribution >= 4 is 16.7 Å². The third-order valence-electron chi connectivity index (χ3n) is 6.00. The molecule has 2 aromatic heterocycles.